The Labute approximate surface area is 87.4 Å². The fraction of sp³-hybridized carbons (Fsp3) is 0.364. The van der Waals surface area contributed by atoms with E-state index in [4.69, 9.17) is 9.47 Å². The fourth-order valence-corrected chi connectivity index (χ4v) is 1.46. The van der Waals surface area contributed by atoms with E-state index in [1.165, 1.54) is 0 Å². The first-order valence-corrected chi connectivity index (χ1v) is 4.76. The summed E-state index contributed by atoms with van der Waals surface area (Å²) in [4.78, 5) is 10.6. The Morgan fingerprint density at radius 3 is 2.73 bits per heavy atom. The molecule has 1 fully saturated rings. The van der Waals surface area contributed by atoms with E-state index in [0.717, 1.165) is 5.56 Å². The van der Waals surface area contributed by atoms with Gasteiger partial charge in [0.2, 0.25) is 0 Å². The molecule has 2 rings (SSSR count). The zero-order valence-electron chi connectivity index (χ0n) is 8.08. The predicted molar refractivity (Wildman–Crippen MR) is 52.1 cm³/mol. The van der Waals surface area contributed by atoms with Crippen molar-refractivity contribution >= 4 is 6.29 Å². The number of hydrogen-bond acceptors (Lipinski definition) is 4. The van der Waals surface area contributed by atoms with E-state index in [1.807, 2.05) is 30.3 Å². The molecule has 0 amide bonds. The second-order valence-electron chi connectivity index (χ2n) is 3.38. The zero-order chi connectivity index (χ0) is 10.7. The summed E-state index contributed by atoms with van der Waals surface area (Å²) in [6, 6.07) is 9.32. The van der Waals surface area contributed by atoms with E-state index in [-0.39, 0.29) is 6.61 Å². The van der Waals surface area contributed by atoms with Gasteiger partial charge in [0.05, 0.1) is 6.61 Å². The van der Waals surface area contributed by atoms with Crippen LogP contribution in [-0.4, -0.2) is 30.2 Å². The van der Waals surface area contributed by atoms with Crippen LogP contribution in [0.2, 0.25) is 0 Å². The van der Waals surface area contributed by atoms with Gasteiger partial charge in [0.25, 0.3) is 0 Å². The van der Waals surface area contributed by atoms with E-state index in [9.17, 15) is 9.90 Å². The van der Waals surface area contributed by atoms with Gasteiger partial charge in [0.1, 0.15) is 12.2 Å². The van der Waals surface area contributed by atoms with Crippen LogP contribution < -0.4 is 0 Å². The molecule has 0 aliphatic carbocycles. The standard InChI is InChI=1S/C11H12O4/c12-6-10-9(13)7-14-11(15-10)8-4-2-1-3-5-8/h1-6,9-11,13H,7H2. The number of carbonyl (C=O) groups excluding carboxylic acids is 1. The van der Waals surface area contributed by atoms with Crippen molar-refractivity contribution < 1.29 is 19.4 Å². The minimum atomic E-state index is -0.873. The highest BCUT2D eigenvalue weighted by Crippen LogP contribution is 2.25. The Bertz CT molecular complexity index is 325. The van der Waals surface area contributed by atoms with E-state index in [1.54, 1.807) is 0 Å². The highest BCUT2D eigenvalue weighted by atomic mass is 16.7. The second-order valence-corrected chi connectivity index (χ2v) is 3.38. The summed E-state index contributed by atoms with van der Waals surface area (Å²) in [6.07, 6.45) is -1.64. The summed E-state index contributed by atoms with van der Waals surface area (Å²) < 4.78 is 10.6. The lowest BCUT2D eigenvalue weighted by atomic mass is 10.1. The Morgan fingerprint density at radius 2 is 2.07 bits per heavy atom. The summed E-state index contributed by atoms with van der Waals surface area (Å²) in [5.74, 6) is 0. The van der Waals surface area contributed by atoms with Crippen molar-refractivity contribution in [2.24, 2.45) is 0 Å². The Balaban J connectivity index is 2.09. The van der Waals surface area contributed by atoms with Gasteiger partial charge in [-0.15, -0.1) is 0 Å². The molecule has 0 bridgehead atoms. The monoisotopic (exact) mass is 208 g/mol. The van der Waals surface area contributed by atoms with Crippen LogP contribution >= 0.6 is 0 Å². The van der Waals surface area contributed by atoms with E-state index >= 15 is 0 Å². The van der Waals surface area contributed by atoms with Crippen molar-refractivity contribution in [1.82, 2.24) is 0 Å². The lowest BCUT2D eigenvalue weighted by molar-refractivity contribution is -0.246. The summed E-state index contributed by atoms with van der Waals surface area (Å²) in [7, 11) is 0. The molecule has 3 atom stereocenters. The molecule has 4 nitrogen and oxygen atoms in total. The van der Waals surface area contributed by atoms with Crippen molar-refractivity contribution in [1.29, 1.82) is 0 Å². The molecule has 0 aromatic heterocycles. The van der Waals surface area contributed by atoms with E-state index < -0.39 is 18.5 Å². The first-order chi connectivity index (χ1) is 7.31. The quantitative estimate of drug-likeness (QED) is 0.725. The molecule has 1 aromatic carbocycles. The van der Waals surface area contributed by atoms with Gasteiger partial charge in [-0.3, -0.25) is 0 Å². The summed E-state index contributed by atoms with van der Waals surface area (Å²) in [5.41, 5.74) is 0.844. The number of aldehydes is 1. The van der Waals surface area contributed by atoms with Gasteiger partial charge < -0.3 is 19.4 Å². The Kier molecular flexibility index (Phi) is 3.11. The maximum absolute atomic E-state index is 10.6. The molecule has 1 heterocycles. The van der Waals surface area contributed by atoms with Crippen LogP contribution in [0.5, 0.6) is 0 Å². The molecule has 4 heteroatoms. The predicted octanol–water partition coefficient (Wildman–Crippen LogP) is 0.660. The summed E-state index contributed by atoms with van der Waals surface area (Å²) in [6.45, 7) is 0.114. The van der Waals surface area contributed by atoms with Gasteiger partial charge in [-0.25, -0.2) is 0 Å². The van der Waals surface area contributed by atoms with Gasteiger partial charge in [-0.2, -0.15) is 0 Å². The van der Waals surface area contributed by atoms with Crippen molar-refractivity contribution in [3.63, 3.8) is 0 Å². The Hall–Kier alpha value is -1.23. The first-order valence-electron chi connectivity index (χ1n) is 4.76. The van der Waals surface area contributed by atoms with E-state index in [0.29, 0.717) is 6.29 Å². The number of carbonyl (C=O) groups is 1. The molecule has 1 aliphatic heterocycles. The van der Waals surface area contributed by atoms with Crippen LogP contribution in [-0.2, 0) is 14.3 Å². The minimum absolute atomic E-state index is 0.114. The summed E-state index contributed by atoms with van der Waals surface area (Å²) in [5, 5.41) is 9.35. The normalized spacial score (nSPS) is 31.1. The molecule has 15 heavy (non-hydrogen) atoms. The van der Waals surface area contributed by atoms with Crippen LogP contribution in [0, 0.1) is 0 Å². The number of aliphatic hydroxyl groups is 1. The largest absolute Gasteiger partial charge is 0.388 e. The van der Waals surface area contributed by atoms with Crippen molar-refractivity contribution in [3.8, 4) is 0 Å². The maximum atomic E-state index is 10.6. The number of rotatable bonds is 2. The molecule has 0 radical (unpaired) electrons. The fourth-order valence-electron chi connectivity index (χ4n) is 1.46. The summed E-state index contributed by atoms with van der Waals surface area (Å²) >= 11 is 0. The molecule has 1 aliphatic rings. The van der Waals surface area contributed by atoms with Crippen molar-refractivity contribution in [3.05, 3.63) is 35.9 Å². The van der Waals surface area contributed by atoms with Gasteiger partial charge in [-0.1, -0.05) is 30.3 Å². The van der Waals surface area contributed by atoms with Gasteiger partial charge >= 0.3 is 0 Å². The SMILES string of the molecule is O=CC1OC(c2ccccc2)OCC1O. The average Bonchev–Trinajstić information content (AvgIpc) is 2.31. The number of benzene rings is 1. The van der Waals surface area contributed by atoms with Crippen LogP contribution in [0.15, 0.2) is 30.3 Å². The van der Waals surface area contributed by atoms with Gasteiger partial charge in [-0.05, 0) is 0 Å². The molecule has 0 saturated carbocycles. The van der Waals surface area contributed by atoms with Crippen LogP contribution in [0.25, 0.3) is 0 Å². The highest BCUT2D eigenvalue weighted by Gasteiger charge is 2.30. The zero-order valence-corrected chi connectivity index (χ0v) is 8.08. The molecule has 0 spiro atoms. The highest BCUT2D eigenvalue weighted by molar-refractivity contribution is 5.57. The number of ether oxygens (including phenoxy) is 2. The molecule has 1 N–H and O–H groups in total. The minimum Gasteiger partial charge on any atom is -0.388 e. The molecular weight excluding hydrogens is 196 g/mol. The third kappa shape index (κ3) is 2.23. The molecule has 1 saturated heterocycles. The third-order valence-electron chi connectivity index (χ3n) is 2.28. The maximum Gasteiger partial charge on any atom is 0.184 e. The van der Waals surface area contributed by atoms with Crippen LogP contribution in [0.3, 0.4) is 0 Å². The lowest BCUT2D eigenvalue weighted by Gasteiger charge is -2.31. The van der Waals surface area contributed by atoms with Crippen molar-refractivity contribution in [2.45, 2.75) is 18.5 Å². The molecule has 1 aromatic rings. The molecule has 80 valence electrons. The first kappa shape index (κ1) is 10.3. The molecule has 3 unspecified atom stereocenters. The molecular formula is C11H12O4. The van der Waals surface area contributed by atoms with Crippen LogP contribution in [0.1, 0.15) is 11.9 Å². The topological polar surface area (TPSA) is 55.8 Å². The van der Waals surface area contributed by atoms with Crippen molar-refractivity contribution in [2.75, 3.05) is 6.61 Å². The average molecular weight is 208 g/mol. The van der Waals surface area contributed by atoms with Gasteiger partial charge in [0, 0.05) is 5.56 Å². The number of hydrogen-bond donors (Lipinski definition) is 1. The third-order valence-corrected chi connectivity index (χ3v) is 2.28. The van der Waals surface area contributed by atoms with Crippen LogP contribution in [0.4, 0.5) is 0 Å². The van der Waals surface area contributed by atoms with Gasteiger partial charge in [0.15, 0.2) is 12.6 Å². The smallest absolute Gasteiger partial charge is 0.184 e. The lowest BCUT2D eigenvalue weighted by Crippen LogP contribution is -2.41. The van der Waals surface area contributed by atoms with E-state index in [2.05, 4.69) is 0 Å². The number of aliphatic hydroxyl groups excluding tert-OH is 1. The second kappa shape index (κ2) is 4.53. The Morgan fingerprint density at radius 1 is 1.33 bits per heavy atom.